The molecule has 0 spiro atoms. The van der Waals surface area contributed by atoms with Crippen LogP contribution in [0.2, 0.25) is 0 Å². The highest BCUT2D eigenvalue weighted by Gasteiger charge is 2.28. The van der Waals surface area contributed by atoms with Crippen molar-refractivity contribution in [2.75, 3.05) is 16.6 Å². The van der Waals surface area contributed by atoms with Crippen LogP contribution < -0.4 is 4.31 Å². The molecule has 0 aliphatic carbocycles. The summed E-state index contributed by atoms with van der Waals surface area (Å²) in [6, 6.07) is 1.84. The molecule has 7 heteroatoms. The van der Waals surface area contributed by atoms with Crippen LogP contribution in [0.5, 0.6) is 0 Å². The minimum Gasteiger partial charge on any atom is -0.267 e. The minimum atomic E-state index is -3.52. The van der Waals surface area contributed by atoms with Crippen molar-refractivity contribution in [3.05, 3.63) is 28.2 Å². The molecule has 0 bridgehead atoms. The first-order chi connectivity index (χ1) is 7.92. The first-order valence-corrected chi connectivity index (χ1v) is 7.47. The van der Waals surface area contributed by atoms with Crippen molar-refractivity contribution in [2.24, 2.45) is 0 Å². The highest BCUT2D eigenvalue weighted by molar-refractivity contribution is 9.10. The third-order valence-corrected chi connectivity index (χ3v) is 5.07. The summed E-state index contributed by atoms with van der Waals surface area (Å²) in [5.74, 6) is -1.45. The molecule has 94 valence electrons. The van der Waals surface area contributed by atoms with Crippen LogP contribution in [-0.4, -0.2) is 20.7 Å². The van der Waals surface area contributed by atoms with Crippen LogP contribution in [0.25, 0.3) is 0 Å². The van der Waals surface area contributed by atoms with Crippen molar-refractivity contribution in [1.29, 1.82) is 0 Å². The molecule has 17 heavy (non-hydrogen) atoms. The Morgan fingerprint density at radius 2 is 1.88 bits per heavy atom. The number of sulfonamides is 1. The summed E-state index contributed by atoms with van der Waals surface area (Å²) >= 11 is 2.85. The van der Waals surface area contributed by atoms with Gasteiger partial charge in [0, 0.05) is 12.6 Å². The number of benzene rings is 1. The van der Waals surface area contributed by atoms with Crippen LogP contribution in [0.3, 0.4) is 0 Å². The molecule has 0 atom stereocenters. The number of hydrogen-bond acceptors (Lipinski definition) is 2. The molecule has 0 unspecified atom stereocenters. The highest BCUT2D eigenvalue weighted by Crippen LogP contribution is 2.30. The topological polar surface area (TPSA) is 37.4 Å². The molecule has 1 aromatic carbocycles. The summed E-state index contributed by atoms with van der Waals surface area (Å²) in [5.41, 5.74) is -0.217. The van der Waals surface area contributed by atoms with Gasteiger partial charge in [0.1, 0.15) is 11.6 Å². The highest BCUT2D eigenvalue weighted by atomic mass is 79.9. The van der Waals surface area contributed by atoms with Gasteiger partial charge in [0.25, 0.3) is 0 Å². The number of halogens is 3. The Balaban J connectivity index is 2.50. The van der Waals surface area contributed by atoms with E-state index in [0.29, 0.717) is 12.8 Å². The van der Waals surface area contributed by atoms with Crippen molar-refractivity contribution in [3.8, 4) is 0 Å². The summed E-state index contributed by atoms with van der Waals surface area (Å²) in [7, 11) is -3.52. The molecule has 1 fully saturated rings. The van der Waals surface area contributed by atoms with Crippen LogP contribution in [0.15, 0.2) is 16.6 Å². The zero-order valence-electron chi connectivity index (χ0n) is 8.79. The minimum absolute atomic E-state index is 0.0202. The van der Waals surface area contributed by atoms with Gasteiger partial charge in [-0.05, 0) is 34.8 Å². The summed E-state index contributed by atoms with van der Waals surface area (Å²) in [6.07, 6.45) is 1.20. The van der Waals surface area contributed by atoms with E-state index in [9.17, 15) is 17.2 Å². The summed E-state index contributed by atoms with van der Waals surface area (Å²) in [4.78, 5) is 0. The van der Waals surface area contributed by atoms with Gasteiger partial charge in [-0.1, -0.05) is 0 Å². The third-order valence-electron chi connectivity index (χ3n) is 2.61. The van der Waals surface area contributed by atoms with Crippen molar-refractivity contribution >= 4 is 31.6 Å². The second-order valence-electron chi connectivity index (χ2n) is 3.81. The molecule has 1 aliphatic rings. The van der Waals surface area contributed by atoms with Crippen LogP contribution in [-0.2, 0) is 10.0 Å². The number of hydrogen-bond donors (Lipinski definition) is 0. The van der Waals surface area contributed by atoms with E-state index in [1.54, 1.807) is 0 Å². The molecule has 2 rings (SSSR count). The van der Waals surface area contributed by atoms with E-state index in [2.05, 4.69) is 15.9 Å². The van der Waals surface area contributed by atoms with Gasteiger partial charge in [-0.2, -0.15) is 0 Å². The number of nitrogens with zero attached hydrogens (tertiary/aromatic N) is 1. The average Bonchev–Trinajstić information content (AvgIpc) is 2.23. The van der Waals surface area contributed by atoms with Crippen molar-refractivity contribution < 1.29 is 17.2 Å². The SMILES string of the molecule is O=S1(=O)CCCCN1c1cc(F)c(Br)cc1F. The largest absolute Gasteiger partial charge is 0.267 e. The van der Waals surface area contributed by atoms with Gasteiger partial charge in [-0.3, -0.25) is 4.31 Å². The predicted molar refractivity (Wildman–Crippen MR) is 64.4 cm³/mol. The van der Waals surface area contributed by atoms with Gasteiger partial charge in [0.15, 0.2) is 0 Å². The zero-order chi connectivity index (χ0) is 12.6. The Labute approximate surface area is 107 Å². The maximum atomic E-state index is 13.7. The van der Waals surface area contributed by atoms with E-state index < -0.39 is 21.7 Å². The number of rotatable bonds is 1. The van der Waals surface area contributed by atoms with Crippen molar-refractivity contribution in [2.45, 2.75) is 12.8 Å². The van der Waals surface area contributed by atoms with E-state index in [1.165, 1.54) is 0 Å². The second-order valence-corrected chi connectivity index (χ2v) is 6.68. The average molecular weight is 326 g/mol. The van der Waals surface area contributed by atoms with Crippen LogP contribution >= 0.6 is 15.9 Å². The molecule has 0 saturated carbocycles. The lowest BCUT2D eigenvalue weighted by Gasteiger charge is -2.28. The van der Waals surface area contributed by atoms with Crippen LogP contribution in [0.4, 0.5) is 14.5 Å². The summed E-state index contributed by atoms with van der Waals surface area (Å²) in [5, 5.41) is 0. The van der Waals surface area contributed by atoms with E-state index in [1.807, 2.05) is 0 Å². The second kappa shape index (κ2) is 4.53. The molecule has 0 N–H and O–H groups in total. The van der Waals surface area contributed by atoms with Gasteiger partial charge >= 0.3 is 0 Å². The van der Waals surface area contributed by atoms with Gasteiger partial charge in [0.2, 0.25) is 10.0 Å². The summed E-state index contributed by atoms with van der Waals surface area (Å²) in [6.45, 7) is 0.195. The molecule has 1 aromatic rings. The fourth-order valence-corrected chi connectivity index (χ4v) is 3.71. The quantitative estimate of drug-likeness (QED) is 0.744. The smallest absolute Gasteiger partial charge is 0.235 e. The Kier molecular flexibility index (Phi) is 3.40. The van der Waals surface area contributed by atoms with Crippen molar-refractivity contribution in [3.63, 3.8) is 0 Å². The Hall–Kier alpha value is -0.690. The zero-order valence-corrected chi connectivity index (χ0v) is 11.2. The van der Waals surface area contributed by atoms with E-state index >= 15 is 0 Å². The monoisotopic (exact) mass is 325 g/mol. The third kappa shape index (κ3) is 2.44. The molecule has 3 nitrogen and oxygen atoms in total. The summed E-state index contributed by atoms with van der Waals surface area (Å²) < 4.78 is 51.4. The fraction of sp³-hybridized carbons (Fsp3) is 0.400. The molecule has 0 amide bonds. The van der Waals surface area contributed by atoms with E-state index in [4.69, 9.17) is 0 Å². The molecule has 0 radical (unpaired) electrons. The predicted octanol–water partition coefficient (Wildman–Crippen LogP) is 2.66. The Bertz CT molecular complexity index is 547. The molecule has 1 saturated heterocycles. The maximum absolute atomic E-state index is 13.7. The molecule has 1 aliphatic heterocycles. The van der Waals surface area contributed by atoms with E-state index in [-0.39, 0.29) is 22.5 Å². The lowest BCUT2D eigenvalue weighted by molar-refractivity contribution is 0.564. The fourth-order valence-electron chi connectivity index (χ4n) is 1.76. The molecular weight excluding hydrogens is 316 g/mol. The normalized spacial score (nSPS) is 19.4. The first kappa shape index (κ1) is 12.8. The standard InChI is InChI=1S/C10H10BrF2NO2S/c11-7-5-9(13)10(6-8(7)12)14-3-1-2-4-17(14,15)16/h5-6H,1-4H2. The molecule has 0 aromatic heterocycles. The van der Waals surface area contributed by atoms with Crippen LogP contribution in [0, 0.1) is 11.6 Å². The van der Waals surface area contributed by atoms with Crippen LogP contribution in [0.1, 0.15) is 12.8 Å². The first-order valence-electron chi connectivity index (χ1n) is 5.07. The van der Waals surface area contributed by atoms with Gasteiger partial charge in [-0.15, -0.1) is 0 Å². The Morgan fingerprint density at radius 1 is 1.18 bits per heavy atom. The maximum Gasteiger partial charge on any atom is 0.235 e. The Morgan fingerprint density at radius 3 is 2.53 bits per heavy atom. The van der Waals surface area contributed by atoms with E-state index in [0.717, 1.165) is 16.4 Å². The number of anilines is 1. The van der Waals surface area contributed by atoms with Gasteiger partial charge in [-0.25, -0.2) is 17.2 Å². The van der Waals surface area contributed by atoms with Gasteiger partial charge in [0.05, 0.1) is 15.9 Å². The lowest BCUT2D eigenvalue weighted by atomic mass is 10.2. The lowest BCUT2D eigenvalue weighted by Crippen LogP contribution is -2.38. The van der Waals surface area contributed by atoms with Gasteiger partial charge < -0.3 is 0 Å². The molecular formula is C10H10BrF2NO2S. The van der Waals surface area contributed by atoms with Crippen molar-refractivity contribution in [1.82, 2.24) is 0 Å². The molecule has 1 heterocycles.